The van der Waals surface area contributed by atoms with Crippen LogP contribution in [0.1, 0.15) is 10.4 Å². The van der Waals surface area contributed by atoms with Gasteiger partial charge in [-0.05, 0) is 36.4 Å². The summed E-state index contributed by atoms with van der Waals surface area (Å²) in [5.41, 5.74) is 0.829. The van der Waals surface area contributed by atoms with Gasteiger partial charge in [-0.15, -0.1) is 0 Å². The molecular weight excluding hydrogens is 331 g/mol. The number of anilines is 1. The van der Waals surface area contributed by atoms with Crippen molar-refractivity contribution in [1.82, 2.24) is 4.98 Å². The number of amides is 1. The Labute approximate surface area is 142 Å². The summed E-state index contributed by atoms with van der Waals surface area (Å²) in [5, 5.41) is 2.97. The minimum Gasteiger partial charge on any atom is -0.455 e. The van der Waals surface area contributed by atoms with Crippen molar-refractivity contribution in [3.05, 3.63) is 83.4 Å². The molecule has 1 aromatic heterocycles. The van der Waals surface area contributed by atoms with Gasteiger partial charge >= 0.3 is 0 Å². The number of hydrogen-bond donors (Lipinski definition) is 1. The number of nitrogens with one attached hydrogen (secondary N) is 1. The van der Waals surface area contributed by atoms with Gasteiger partial charge in [-0.3, -0.25) is 4.79 Å². The first-order valence-electron chi connectivity index (χ1n) is 7.07. The van der Waals surface area contributed by atoms with E-state index in [1.807, 2.05) is 0 Å². The molecule has 0 spiro atoms. The third kappa shape index (κ3) is 3.88. The van der Waals surface area contributed by atoms with E-state index in [2.05, 4.69) is 10.3 Å². The fourth-order valence-electron chi connectivity index (χ4n) is 2.05. The zero-order valence-electron chi connectivity index (χ0n) is 12.4. The number of hydrogen-bond acceptors (Lipinski definition) is 3. The number of para-hydroxylation sites is 2. The molecule has 0 atom stereocenters. The minimum absolute atomic E-state index is 0.229. The van der Waals surface area contributed by atoms with E-state index in [0.29, 0.717) is 22.7 Å². The average Bonchev–Trinajstić information content (AvgIpc) is 2.57. The molecule has 0 aliphatic rings. The lowest BCUT2D eigenvalue weighted by atomic mass is 10.2. The van der Waals surface area contributed by atoms with Gasteiger partial charge < -0.3 is 10.1 Å². The minimum atomic E-state index is -0.402. The molecule has 3 rings (SSSR count). The van der Waals surface area contributed by atoms with Crippen LogP contribution in [0.25, 0.3) is 0 Å². The van der Waals surface area contributed by atoms with Gasteiger partial charge in [0.15, 0.2) is 5.75 Å². The van der Waals surface area contributed by atoms with E-state index < -0.39 is 5.82 Å². The molecule has 0 fully saturated rings. The van der Waals surface area contributed by atoms with Crippen molar-refractivity contribution in [3.63, 3.8) is 0 Å². The Bertz CT molecular complexity index is 886. The molecule has 24 heavy (non-hydrogen) atoms. The lowest BCUT2D eigenvalue weighted by Gasteiger charge is -2.12. The Balaban J connectivity index is 1.83. The molecule has 0 saturated heterocycles. The molecule has 0 aliphatic heterocycles. The predicted molar refractivity (Wildman–Crippen MR) is 90.1 cm³/mol. The van der Waals surface area contributed by atoms with Gasteiger partial charge in [0, 0.05) is 17.8 Å². The second-order valence-electron chi connectivity index (χ2n) is 4.88. The zero-order chi connectivity index (χ0) is 16.9. The number of ether oxygens (including phenoxy) is 1. The summed E-state index contributed by atoms with van der Waals surface area (Å²) >= 11 is 5.79. The monoisotopic (exact) mass is 342 g/mol. The van der Waals surface area contributed by atoms with E-state index in [4.69, 9.17) is 16.3 Å². The maximum Gasteiger partial charge on any atom is 0.255 e. The predicted octanol–water partition coefficient (Wildman–Crippen LogP) is 4.92. The largest absolute Gasteiger partial charge is 0.455 e. The lowest BCUT2D eigenvalue weighted by molar-refractivity contribution is 0.102. The van der Waals surface area contributed by atoms with E-state index in [1.165, 1.54) is 24.4 Å². The van der Waals surface area contributed by atoms with Crippen LogP contribution >= 0.6 is 11.6 Å². The van der Waals surface area contributed by atoms with Crippen LogP contribution in [0.3, 0.4) is 0 Å². The number of halogens is 2. The van der Waals surface area contributed by atoms with E-state index in [1.54, 1.807) is 42.5 Å². The molecule has 2 aromatic carbocycles. The van der Waals surface area contributed by atoms with Gasteiger partial charge in [0.05, 0.1) is 5.69 Å². The first-order valence-corrected chi connectivity index (χ1v) is 7.45. The summed E-state index contributed by atoms with van der Waals surface area (Å²) in [6.07, 6.45) is 1.45. The SMILES string of the molecule is O=C(Nc1ccccc1Oc1cccc(F)c1)c1ccnc(Cl)c1. The number of nitrogens with zero attached hydrogens (tertiary/aromatic N) is 1. The van der Waals surface area contributed by atoms with Gasteiger partial charge in [0.1, 0.15) is 16.7 Å². The summed E-state index contributed by atoms with van der Waals surface area (Å²) in [7, 11) is 0. The fraction of sp³-hybridized carbons (Fsp3) is 0. The van der Waals surface area contributed by atoms with Crippen LogP contribution in [0, 0.1) is 5.82 Å². The van der Waals surface area contributed by atoms with Gasteiger partial charge in [-0.25, -0.2) is 9.37 Å². The Morgan fingerprint density at radius 3 is 2.71 bits per heavy atom. The zero-order valence-corrected chi connectivity index (χ0v) is 13.1. The quantitative estimate of drug-likeness (QED) is 0.685. The van der Waals surface area contributed by atoms with Gasteiger partial charge in [-0.2, -0.15) is 0 Å². The van der Waals surface area contributed by atoms with Crippen LogP contribution in [0.15, 0.2) is 66.9 Å². The molecule has 6 heteroatoms. The summed E-state index contributed by atoms with van der Waals surface area (Å²) in [5.74, 6) is -0.0182. The molecule has 0 unspecified atom stereocenters. The number of rotatable bonds is 4. The molecule has 1 N–H and O–H groups in total. The van der Waals surface area contributed by atoms with E-state index in [-0.39, 0.29) is 11.1 Å². The second kappa shape index (κ2) is 7.10. The molecule has 1 amide bonds. The van der Waals surface area contributed by atoms with Crippen LogP contribution < -0.4 is 10.1 Å². The first kappa shape index (κ1) is 16.0. The highest BCUT2D eigenvalue weighted by Crippen LogP contribution is 2.30. The Hall–Kier alpha value is -2.92. The topological polar surface area (TPSA) is 51.2 Å². The molecule has 3 aromatic rings. The van der Waals surface area contributed by atoms with Crippen molar-refractivity contribution in [1.29, 1.82) is 0 Å². The number of benzene rings is 2. The van der Waals surface area contributed by atoms with Crippen molar-refractivity contribution < 1.29 is 13.9 Å². The maximum absolute atomic E-state index is 13.3. The summed E-state index contributed by atoms with van der Waals surface area (Å²) in [4.78, 5) is 16.1. The van der Waals surface area contributed by atoms with Gasteiger partial charge in [-0.1, -0.05) is 29.8 Å². The molecule has 1 heterocycles. The molecule has 0 saturated carbocycles. The standard InChI is InChI=1S/C18H12ClFN2O2/c19-17-10-12(8-9-21-17)18(23)22-15-6-1-2-7-16(15)24-14-5-3-4-13(20)11-14/h1-11H,(H,22,23). The second-order valence-corrected chi connectivity index (χ2v) is 5.26. The van der Waals surface area contributed by atoms with Crippen LogP contribution in [-0.2, 0) is 0 Å². The van der Waals surface area contributed by atoms with E-state index in [9.17, 15) is 9.18 Å². The summed E-state index contributed by atoms with van der Waals surface area (Å²) < 4.78 is 18.9. The van der Waals surface area contributed by atoms with Gasteiger partial charge in [0.25, 0.3) is 5.91 Å². The molecule has 120 valence electrons. The van der Waals surface area contributed by atoms with Crippen LogP contribution in [0.4, 0.5) is 10.1 Å². The third-order valence-corrected chi connectivity index (χ3v) is 3.35. The summed E-state index contributed by atoms with van der Waals surface area (Å²) in [6, 6.07) is 15.7. The highest BCUT2D eigenvalue weighted by molar-refractivity contribution is 6.29. The highest BCUT2D eigenvalue weighted by atomic mass is 35.5. The Morgan fingerprint density at radius 2 is 1.92 bits per heavy atom. The fourth-order valence-corrected chi connectivity index (χ4v) is 2.23. The molecule has 0 aliphatic carbocycles. The third-order valence-electron chi connectivity index (χ3n) is 3.15. The van der Waals surface area contributed by atoms with Crippen LogP contribution in [0.2, 0.25) is 5.15 Å². The van der Waals surface area contributed by atoms with Crippen molar-refractivity contribution in [2.45, 2.75) is 0 Å². The van der Waals surface area contributed by atoms with E-state index >= 15 is 0 Å². The van der Waals surface area contributed by atoms with Gasteiger partial charge in [0.2, 0.25) is 0 Å². The normalized spacial score (nSPS) is 10.2. The van der Waals surface area contributed by atoms with Crippen molar-refractivity contribution in [2.24, 2.45) is 0 Å². The van der Waals surface area contributed by atoms with Crippen molar-refractivity contribution >= 4 is 23.2 Å². The van der Waals surface area contributed by atoms with Crippen LogP contribution in [-0.4, -0.2) is 10.9 Å². The number of carbonyl (C=O) groups is 1. The maximum atomic E-state index is 13.3. The highest BCUT2D eigenvalue weighted by Gasteiger charge is 2.11. The van der Waals surface area contributed by atoms with Crippen molar-refractivity contribution in [2.75, 3.05) is 5.32 Å². The molecule has 0 bridgehead atoms. The molecule has 0 radical (unpaired) electrons. The van der Waals surface area contributed by atoms with E-state index in [0.717, 1.165) is 0 Å². The first-order chi connectivity index (χ1) is 11.6. The summed E-state index contributed by atoms with van der Waals surface area (Å²) in [6.45, 7) is 0. The van der Waals surface area contributed by atoms with Crippen LogP contribution in [0.5, 0.6) is 11.5 Å². The number of aromatic nitrogens is 1. The Kier molecular flexibility index (Phi) is 4.72. The molecule has 4 nitrogen and oxygen atoms in total. The average molecular weight is 343 g/mol. The lowest BCUT2D eigenvalue weighted by Crippen LogP contribution is -2.12. The number of carbonyl (C=O) groups excluding carboxylic acids is 1. The number of pyridine rings is 1. The van der Waals surface area contributed by atoms with Crippen molar-refractivity contribution in [3.8, 4) is 11.5 Å². The smallest absolute Gasteiger partial charge is 0.255 e. The Morgan fingerprint density at radius 1 is 1.08 bits per heavy atom. The molecular formula is C18H12ClFN2O2.